The maximum atomic E-state index is 13.0. The SMILES string of the molecule is CCn1ccnc1CC(N)(CC)c1ccc(F)cn1. The Morgan fingerprint density at radius 1 is 1.32 bits per heavy atom. The number of hydrogen-bond donors (Lipinski definition) is 1. The van der Waals surface area contributed by atoms with Gasteiger partial charge in [-0.2, -0.15) is 0 Å². The van der Waals surface area contributed by atoms with Crippen molar-refractivity contribution >= 4 is 0 Å². The fourth-order valence-corrected chi connectivity index (χ4v) is 2.14. The van der Waals surface area contributed by atoms with Crippen molar-refractivity contribution in [3.8, 4) is 0 Å². The quantitative estimate of drug-likeness (QED) is 0.899. The van der Waals surface area contributed by atoms with Crippen molar-refractivity contribution in [3.05, 3.63) is 48.1 Å². The summed E-state index contributed by atoms with van der Waals surface area (Å²) in [6, 6.07) is 3.05. The van der Waals surface area contributed by atoms with E-state index in [-0.39, 0.29) is 5.82 Å². The van der Waals surface area contributed by atoms with Gasteiger partial charge in [-0.3, -0.25) is 4.98 Å². The smallest absolute Gasteiger partial charge is 0.141 e. The molecular formula is C14H19FN4. The zero-order valence-electron chi connectivity index (χ0n) is 11.3. The normalized spacial score (nSPS) is 14.3. The van der Waals surface area contributed by atoms with Crippen molar-refractivity contribution in [2.45, 2.75) is 38.8 Å². The van der Waals surface area contributed by atoms with Gasteiger partial charge in [0.05, 0.1) is 17.4 Å². The topological polar surface area (TPSA) is 56.7 Å². The minimum Gasteiger partial charge on any atom is -0.335 e. The molecule has 0 aromatic carbocycles. The van der Waals surface area contributed by atoms with Gasteiger partial charge < -0.3 is 10.3 Å². The van der Waals surface area contributed by atoms with Crippen molar-refractivity contribution in [3.63, 3.8) is 0 Å². The second kappa shape index (κ2) is 5.48. The van der Waals surface area contributed by atoms with E-state index in [2.05, 4.69) is 21.5 Å². The van der Waals surface area contributed by atoms with Gasteiger partial charge in [-0.15, -0.1) is 0 Å². The fourth-order valence-electron chi connectivity index (χ4n) is 2.14. The highest BCUT2D eigenvalue weighted by atomic mass is 19.1. The molecule has 0 saturated carbocycles. The third-order valence-electron chi connectivity index (χ3n) is 3.48. The van der Waals surface area contributed by atoms with E-state index in [1.54, 1.807) is 12.3 Å². The zero-order valence-corrected chi connectivity index (χ0v) is 11.3. The molecule has 2 aromatic heterocycles. The number of aryl methyl sites for hydroxylation is 1. The summed E-state index contributed by atoms with van der Waals surface area (Å²) in [6.07, 6.45) is 6.21. The fraction of sp³-hybridized carbons (Fsp3) is 0.429. The summed E-state index contributed by atoms with van der Waals surface area (Å²) in [5.41, 5.74) is 6.52. The molecule has 2 heterocycles. The summed E-state index contributed by atoms with van der Waals surface area (Å²) in [5, 5.41) is 0. The van der Waals surface area contributed by atoms with Crippen molar-refractivity contribution in [1.82, 2.24) is 14.5 Å². The number of nitrogens with two attached hydrogens (primary N) is 1. The number of rotatable bonds is 5. The van der Waals surface area contributed by atoms with Crippen molar-refractivity contribution in [2.75, 3.05) is 0 Å². The molecule has 19 heavy (non-hydrogen) atoms. The van der Waals surface area contributed by atoms with Crippen molar-refractivity contribution in [1.29, 1.82) is 0 Å². The van der Waals surface area contributed by atoms with Gasteiger partial charge in [0, 0.05) is 25.4 Å². The summed E-state index contributed by atoms with van der Waals surface area (Å²) >= 11 is 0. The summed E-state index contributed by atoms with van der Waals surface area (Å²) in [7, 11) is 0. The summed E-state index contributed by atoms with van der Waals surface area (Å²) < 4.78 is 15.0. The Balaban J connectivity index is 2.30. The molecule has 0 radical (unpaired) electrons. The van der Waals surface area contributed by atoms with E-state index in [9.17, 15) is 4.39 Å². The molecule has 2 rings (SSSR count). The molecule has 0 aliphatic rings. The lowest BCUT2D eigenvalue weighted by Gasteiger charge is -2.27. The van der Waals surface area contributed by atoms with Crippen LogP contribution in [0.2, 0.25) is 0 Å². The van der Waals surface area contributed by atoms with Crippen molar-refractivity contribution in [2.24, 2.45) is 5.73 Å². The van der Waals surface area contributed by atoms with E-state index >= 15 is 0 Å². The average molecular weight is 262 g/mol. The Kier molecular flexibility index (Phi) is 3.95. The lowest BCUT2D eigenvalue weighted by molar-refractivity contribution is 0.394. The molecule has 1 atom stereocenters. The van der Waals surface area contributed by atoms with E-state index in [1.165, 1.54) is 12.3 Å². The summed E-state index contributed by atoms with van der Waals surface area (Å²) in [6.45, 7) is 4.92. The highest BCUT2D eigenvalue weighted by molar-refractivity contribution is 5.18. The number of pyridine rings is 1. The Morgan fingerprint density at radius 2 is 2.11 bits per heavy atom. The van der Waals surface area contributed by atoms with E-state index in [4.69, 9.17) is 5.73 Å². The second-order valence-electron chi connectivity index (χ2n) is 4.68. The molecule has 0 aliphatic heterocycles. The first kappa shape index (κ1) is 13.7. The van der Waals surface area contributed by atoms with Crippen LogP contribution in [0.5, 0.6) is 0 Å². The number of hydrogen-bond acceptors (Lipinski definition) is 3. The van der Waals surface area contributed by atoms with Crippen LogP contribution in [0.3, 0.4) is 0 Å². The zero-order chi connectivity index (χ0) is 13.9. The number of halogens is 1. The molecule has 0 amide bonds. The van der Waals surface area contributed by atoms with Crippen LogP contribution in [-0.4, -0.2) is 14.5 Å². The van der Waals surface area contributed by atoms with Crippen LogP contribution < -0.4 is 5.73 Å². The van der Waals surface area contributed by atoms with Crippen LogP contribution in [0.1, 0.15) is 31.8 Å². The average Bonchev–Trinajstić information content (AvgIpc) is 2.86. The van der Waals surface area contributed by atoms with E-state index < -0.39 is 5.54 Å². The molecule has 5 heteroatoms. The van der Waals surface area contributed by atoms with Gasteiger partial charge in [0.25, 0.3) is 0 Å². The molecule has 0 spiro atoms. The maximum Gasteiger partial charge on any atom is 0.141 e. The predicted octanol–water partition coefficient (Wildman–Crippen LogP) is 2.24. The molecule has 0 aliphatic carbocycles. The first-order valence-electron chi connectivity index (χ1n) is 6.50. The van der Waals surface area contributed by atoms with E-state index in [0.717, 1.165) is 12.4 Å². The van der Waals surface area contributed by atoms with Gasteiger partial charge in [-0.1, -0.05) is 6.92 Å². The third kappa shape index (κ3) is 2.81. The minimum absolute atomic E-state index is 0.350. The Hall–Kier alpha value is -1.75. The van der Waals surface area contributed by atoms with Crippen LogP contribution in [0.15, 0.2) is 30.7 Å². The first-order valence-corrected chi connectivity index (χ1v) is 6.50. The molecule has 0 bridgehead atoms. The van der Waals surface area contributed by atoms with Crippen LogP contribution in [0.25, 0.3) is 0 Å². The van der Waals surface area contributed by atoms with Crippen LogP contribution in [0, 0.1) is 5.82 Å². The van der Waals surface area contributed by atoms with E-state index in [1.807, 2.05) is 13.1 Å². The largest absolute Gasteiger partial charge is 0.335 e. The van der Waals surface area contributed by atoms with Crippen LogP contribution in [-0.2, 0) is 18.5 Å². The van der Waals surface area contributed by atoms with Gasteiger partial charge in [0.1, 0.15) is 11.6 Å². The summed E-state index contributed by atoms with van der Waals surface area (Å²) in [5.74, 6) is 0.579. The predicted molar refractivity (Wildman–Crippen MR) is 72.0 cm³/mol. The van der Waals surface area contributed by atoms with Gasteiger partial charge in [0.15, 0.2) is 0 Å². The molecule has 0 saturated heterocycles. The molecule has 0 fully saturated rings. The first-order chi connectivity index (χ1) is 9.09. The molecule has 2 N–H and O–H groups in total. The van der Waals surface area contributed by atoms with Gasteiger partial charge >= 0.3 is 0 Å². The van der Waals surface area contributed by atoms with Gasteiger partial charge in [0.2, 0.25) is 0 Å². The summed E-state index contributed by atoms with van der Waals surface area (Å²) in [4.78, 5) is 8.46. The van der Waals surface area contributed by atoms with Gasteiger partial charge in [-0.25, -0.2) is 9.37 Å². The molecular weight excluding hydrogens is 243 g/mol. The van der Waals surface area contributed by atoms with Gasteiger partial charge in [-0.05, 0) is 25.5 Å². The maximum absolute atomic E-state index is 13.0. The molecule has 2 aromatic rings. The third-order valence-corrected chi connectivity index (χ3v) is 3.48. The number of nitrogens with zero attached hydrogens (tertiary/aromatic N) is 3. The van der Waals surface area contributed by atoms with Crippen LogP contribution in [0.4, 0.5) is 4.39 Å². The second-order valence-corrected chi connectivity index (χ2v) is 4.68. The minimum atomic E-state index is -0.619. The lowest BCUT2D eigenvalue weighted by Crippen LogP contribution is -2.40. The number of imidazole rings is 1. The molecule has 1 unspecified atom stereocenters. The highest BCUT2D eigenvalue weighted by Gasteiger charge is 2.29. The molecule has 4 nitrogen and oxygen atoms in total. The lowest BCUT2D eigenvalue weighted by atomic mass is 9.88. The van der Waals surface area contributed by atoms with E-state index in [0.29, 0.717) is 18.5 Å². The standard InChI is InChI=1S/C14H19FN4/c1-3-14(16,12-6-5-11(15)10-18-12)9-13-17-7-8-19(13)4-2/h5-8,10H,3-4,9,16H2,1-2H3. The highest BCUT2D eigenvalue weighted by Crippen LogP contribution is 2.24. The Morgan fingerprint density at radius 3 is 2.68 bits per heavy atom. The monoisotopic (exact) mass is 262 g/mol. The Bertz CT molecular complexity index is 535. The van der Waals surface area contributed by atoms with Crippen molar-refractivity contribution < 1.29 is 4.39 Å². The number of aromatic nitrogens is 3. The molecule has 102 valence electrons. The van der Waals surface area contributed by atoms with Crippen LogP contribution >= 0.6 is 0 Å². The Labute approximate surface area is 112 Å².